The summed E-state index contributed by atoms with van der Waals surface area (Å²) in [6, 6.07) is 0. The van der Waals surface area contributed by atoms with Crippen LogP contribution >= 0.6 is 11.6 Å². The molecular weight excluding hydrogens is 168 g/mol. The van der Waals surface area contributed by atoms with Gasteiger partial charge in [-0.1, -0.05) is 19.8 Å². The van der Waals surface area contributed by atoms with E-state index in [-0.39, 0.29) is 0 Å². The SMILES string of the molecule is CCCC#CCCCCCCCl. The zero-order chi connectivity index (χ0) is 9.07. The zero-order valence-corrected chi connectivity index (χ0v) is 8.79. The number of hydrogen-bond donors (Lipinski definition) is 0. The van der Waals surface area contributed by atoms with Crippen LogP contribution in [-0.2, 0) is 0 Å². The highest BCUT2D eigenvalue weighted by atomic mass is 35.5. The second-order valence-corrected chi connectivity index (χ2v) is 3.33. The molecule has 0 aromatic carbocycles. The summed E-state index contributed by atoms with van der Waals surface area (Å²) in [5.74, 6) is 7.14. The van der Waals surface area contributed by atoms with Gasteiger partial charge in [0.2, 0.25) is 0 Å². The van der Waals surface area contributed by atoms with Gasteiger partial charge in [-0.25, -0.2) is 0 Å². The van der Waals surface area contributed by atoms with E-state index in [1.54, 1.807) is 0 Å². The van der Waals surface area contributed by atoms with E-state index in [1.807, 2.05) is 0 Å². The fourth-order valence-corrected chi connectivity index (χ4v) is 1.15. The first-order valence-corrected chi connectivity index (χ1v) is 5.47. The summed E-state index contributed by atoms with van der Waals surface area (Å²) >= 11 is 5.55. The average molecular weight is 187 g/mol. The Hall–Kier alpha value is -0.150. The van der Waals surface area contributed by atoms with Crippen molar-refractivity contribution in [3.8, 4) is 11.8 Å². The first-order chi connectivity index (χ1) is 5.91. The van der Waals surface area contributed by atoms with Gasteiger partial charge in [-0.05, 0) is 19.3 Å². The van der Waals surface area contributed by atoms with Gasteiger partial charge in [0.1, 0.15) is 0 Å². The number of unbranched alkanes of at least 4 members (excludes halogenated alkanes) is 5. The van der Waals surface area contributed by atoms with Crippen LogP contribution in [0, 0.1) is 11.8 Å². The first-order valence-electron chi connectivity index (χ1n) is 4.93. The van der Waals surface area contributed by atoms with E-state index in [1.165, 1.54) is 25.7 Å². The van der Waals surface area contributed by atoms with Crippen molar-refractivity contribution < 1.29 is 0 Å². The molecule has 1 heteroatoms. The molecule has 0 aromatic rings. The maximum absolute atomic E-state index is 5.55. The van der Waals surface area contributed by atoms with Crippen molar-refractivity contribution >= 4 is 11.6 Å². The fraction of sp³-hybridized carbons (Fsp3) is 0.818. The van der Waals surface area contributed by atoms with Crippen LogP contribution in [0.3, 0.4) is 0 Å². The van der Waals surface area contributed by atoms with Crippen molar-refractivity contribution in [2.45, 2.75) is 51.9 Å². The van der Waals surface area contributed by atoms with E-state index in [0.29, 0.717) is 0 Å². The molecule has 0 unspecified atom stereocenters. The molecule has 0 radical (unpaired) electrons. The van der Waals surface area contributed by atoms with Crippen LogP contribution < -0.4 is 0 Å². The highest BCUT2D eigenvalue weighted by molar-refractivity contribution is 6.17. The normalized spacial score (nSPS) is 9.17. The first kappa shape index (κ1) is 11.8. The maximum atomic E-state index is 5.55. The molecular formula is C11H19Cl. The van der Waals surface area contributed by atoms with Gasteiger partial charge in [-0.3, -0.25) is 0 Å². The summed E-state index contributed by atoms with van der Waals surface area (Å²) in [5, 5.41) is 0. The molecule has 70 valence electrons. The van der Waals surface area contributed by atoms with E-state index in [0.717, 1.165) is 25.1 Å². The van der Waals surface area contributed by atoms with Crippen LogP contribution in [-0.4, -0.2) is 5.88 Å². The molecule has 12 heavy (non-hydrogen) atoms. The molecule has 0 amide bonds. The van der Waals surface area contributed by atoms with Gasteiger partial charge in [-0.2, -0.15) is 0 Å². The average Bonchev–Trinajstić information content (AvgIpc) is 2.10. The summed E-state index contributed by atoms with van der Waals surface area (Å²) in [4.78, 5) is 0. The summed E-state index contributed by atoms with van der Waals surface area (Å²) < 4.78 is 0. The van der Waals surface area contributed by atoms with Gasteiger partial charge in [0, 0.05) is 18.7 Å². The zero-order valence-electron chi connectivity index (χ0n) is 8.03. The molecule has 0 nitrogen and oxygen atoms in total. The Kier molecular flexibility index (Phi) is 10.7. The number of halogens is 1. The predicted octanol–water partition coefficient (Wildman–Crippen LogP) is 3.98. The maximum Gasteiger partial charge on any atom is 0.0223 e. The molecule has 0 aromatic heterocycles. The molecule has 0 aliphatic heterocycles. The number of rotatable bonds is 6. The van der Waals surface area contributed by atoms with Crippen LogP contribution in [0.15, 0.2) is 0 Å². The van der Waals surface area contributed by atoms with Gasteiger partial charge in [0.25, 0.3) is 0 Å². The summed E-state index contributed by atoms with van der Waals surface area (Å²) in [7, 11) is 0. The van der Waals surface area contributed by atoms with Crippen molar-refractivity contribution in [2.75, 3.05) is 5.88 Å². The highest BCUT2D eigenvalue weighted by Crippen LogP contribution is 2.02. The lowest BCUT2D eigenvalue weighted by Gasteiger charge is -1.93. The Morgan fingerprint density at radius 3 is 2.25 bits per heavy atom. The molecule has 0 saturated carbocycles. The minimum absolute atomic E-state index is 0.807. The van der Waals surface area contributed by atoms with E-state index in [9.17, 15) is 0 Å². The van der Waals surface area contributed by atoms with Crippen LogP contribution in [0.4, 0.5) is 0 Å². The Morgan fingerprint density at radius 2 is 1.58 bits per heavy atom. The monoisotopic (exact) mass is 186 g/mol. The third-order valence-corrected chi connectivity index (χ3v) is 1.95. The molecule has 0 atom stereocenters. The minimum atomic E-state index is 0.807. The smallest absolute Gasteiger partial charge is 0.0223 e. The van der Waals surface area contributed by atoms with E-state index in [4.69, 9.17) is 11.6 Å². The van der Waals surface area contributed by atoms with Crippen LogP contribution in [0.5, 0.6) is 0 Å². The van der Waals surface area contributed by atoms with E-state index in [2.05, 4.69) is 18.8 Å². The molecule has 0 aliphatic carbocycles. The highest BCUT2D eigenvalue weighted by Gasteiger charge is 1.86. The molecule has 0 spiro atoms. The van der Waals surface area contributed by atoms with Crippen LogP contribution in [0.25, 0.3) is 0 Å². The third-order valence-electron chi connectivity index (χ3n) is 1.69. The van der Waals surface area contributed by atoms with Crippen molar-refractivity contribution in [3.05, 3.63) is 0 Å². The lowest BCUT2D eigenvalue weighted by molar-refractivity contribution is 0.682. The van der Waals surface area contributed by atoms with Gasteiger partial charge >= 0.3 is 0 Å². The number of alkyl halides is 1. The molecule has 0 heterocycles. The lowest BCUT2D eigenvalue weighted by Crippen LogP contribution is -1.78. The Bertz CT molecular complexity index is 130. The molecule has 0 bridgehead atoms. The summed E-state index contributed by atoms with van der Waals surface area (Å²) in [6.07, 6.45) is 8.26. The van der Waals surface area contributed by atoms with Crippen LogP contribution in [0.2, 0.25) is 0 Å². The van der Waals surface area contributed by atoms with Gasteiger partial charge in [0.15, 0.2) is 0 Å². The number of hydrogen-bond acceptors (Lipinski definition) is 0. The third kappa shape index (κ3) is 9.85. The topological polar surface area (TPSA) is 0 Å². The van der Waals surface area contributed by atoms with Crippen molar-refractivity contribution in [3.63, 3.8) is 0 Å². The van der Waals surface area contributed by atoms with Gasteiger partial charge in [-0.15, -0.1) is 23.4 Å². The van der Waals surface area contributed by atoms with E-state index >= 15 is 0 Å². The molecule has 0 rings (SSSR count). The minimum Gasteiger partial charge on any atom is -0.127 e. The molecule has 0 aliphatic rings. The molecule has 0 saturated heterocycles. The Labute approximate surface area is 81.7 Å². The Morgan fingerprint density at radius 1 is 0.917 bits per heavy atom. The summed E-state index contributed by atoms with van der Waals surface area (Å²) in [5.41, 5.74) is 0. The van der Waals surface area contributed by atoms with Gasteiger partial charge < -0.3 is 0 Å². The second kappa shape index (κ2) is 10.8. The molecule has 0 fully saturated rings. The largest absolute Gasteiger partial charge is 0.127 e. The fourth-order valence-electron chi connectivity index (χ4n) is 0.963. The van der Waals surface area contributed by atoms with Crippen molar-refractivity contribution in [2.24, 2.45) is 0 Å². The van der Waals surface area contributed by atoms with Gasteiger partial charge in [0.05, 0.1) is 0 Å². The molecule has 0 N–H and O–H groups in total. The second-order valence-electron chi connectivity index (χ2n) is 2.96. The van der Waals surface area contributed by atoms with Crippen LogP contribution in [0.1, 0.15) is 51.9 Å². The van der Waals surface area contributed by atoms with E-state index < -0.39 is 0 Å². The predicted molar refractivity (Wildman–Crippen MR) is 56.5 cm³/mol. The summed E-state index contributed by atoms with van der Waals surface area (Å²) in [6.45, 7) is 2.16. The van der Waals surface area contributed by atoms with Crippen molar-refractivity contribution in [1.29, 1.82) is 0 Å². The quantitative estimate of drug-likeness (QED) is 0.335. The standard InChI is InChI=1S/C11H19Cl/c1-2-3-4-5-6-7-8-9-10-11-12/h2-3,6-11H2,1H3. The van der Waals surface area contributed by atoms with Crippen molar-refractivity contribution in [1.82, 2.24) is 0 Å². The Balaban J connectivity index is 2.96. The lowest BCUT2D eigenvalue weighted by atomic mass is 10.1.